The molecule has 1 aromatic carbocycles. The van der Waals surface area contributed by atoms with Crippen molar-refractivity contribution in [2.75, 3.05) is 5.32 Å². The summed E-state index contributed by atoms with van der Waals surface area (Å²) in [4.78, 5) is 12.0. The molecule has 1 aromatic heterocycles. The van der Waals surface area contributed by atoms with Crippen LogP contribution in [0.25, 0.3) is 0 Å². The fourth-order valence-electron chi connectivity index (χ4n) is 1.76. The highest BCUT2D eigenvalue weighted by Gasteiger charge is 2.20. The molecule has 0 fully saturated rings. The minimum absolute atomic E-state index is 0.0403. The third-order valence-electron chi connectivity index (χ3n) is 2.93. The molecule has 0 radical (unpaired) electrons. The third kappa shape index (κ3) is 4.12. The van der Waals surface area contributed by atoms with Crippen molar-refractivity contribution in [1.29, 1.82) is 0 Å². The van der Waals surface area contributed by atoms with Crippen molar-refractivity contribution in [3.05, 3.63) is 40.1 Å². The van der Waals surface area contributed by atoms with Crippen molar-refractivity contribution in [1.82, 2.24) is 15.0 Å². The van der Waals surface area contributed by atoms with Gasteiger partial charge in [-0.2, -0.15) is 0 Å². The van der Waals surface area contributed by atoms with E-state index in [1.165, 1.54) is 4.68 Å². The molecule has 0 aliphatic heterocycles. The predicted octanol–water partition coefficient (Wildman–Crippen LogP) is 2.22. The molecule has 0 bridgehead atoms. The molecule has 0 saturated carbocycles. The number of nitrogens with one attached hydrogen (secondary N) is 1. The molecule has 0 saturated heterocycles. The maximum absolute atomic E-state index is 12.0. The van der Waals surface area contributed by atoms with E-state index in [4.69, 9.17) is 0 Å². The van der Waals surface area contributed by atoms with Crippen molar-refractivity contribution < 1.29 is 9.90 Å². The maximum Gasteiger partial charge on any atom is 0.246 e. The molecule has 2 rings (SSSR count). The highest BCUT2D eigenvalue weighted by molar-refractivity contribution is 9.10. The second-order valence-electron chi connectivity index (χ2n) is 5.37. The van der Waals surface area contributed by atoms with E-state index in [0.717, 1.165) is 15.7 Å². The van der Waals surface area contributed by atoms with E-state index in [0.29, 0.717) is 5.69 Å². The zero-order valence-electron chi connectivity index (χ0n) is 12.1. The standard InChI is InChI=1S/C14H17BrN4O2/c1-9-6-10(15)4-5-11(9)16-13(20)8-19-7-12(17-18-19)14(2,3)21/h4-7,21H,8H2,1-3H3,(H,16,20). The Bertz CT molecular complexity index is 661. The van der Waals surface area contributed by atoms with Gasteiger partial charge in [-0.05, 0) is 44.5 Å². The van der Waals surface area contributed by atoms with E-state index >= 15 is 0 Å². The van der Waals surface area contributed by atoms with Crippen LogP contribution in [0, 0.1) is 6.92 Å². The molecule has 0 spiro atoms. The van der Waals surface area contributed by atoms with E-state index in [2.05, 4.69) is 31.6 Å². The summed E-state index contributed by atoms with van der Waals surface area (Å²) in [6.07, 6.45) is 1.56. The minimum atomic E-state index is -1.07. The topological polar surface area (TPSA) is 80.0 Å². The zero-order chi connectivity index (χ0) is 15.6. The SMILES string of the molecule is Cc1cc(Br)ccc1NC(=O)Cn1cc(C(C)(C)O)nn1. The minimum Gasteiger partial charge on any atom is -0.384 e. The Labute approximate surface area is 131 Å². The molecule has 0 aliphatic carbocycles. The molecular formula is C14H17BrN4O2. The Morgan fingerprint density at radius 2 is 2.19 bits per heavy atom. The van der Waals surface area contributed by atoms with Crippen molar-refractivity contribution >= 4 is 27.5 Å². The molecule has 0 atom stereocenters. The summed E-state index contributed by atoms with van der Waals surface area (Å²) in [5, 5.41) is 20.3. The van der Waals surface area contributed by atoms with Crippen LogP contribution in [0.5, 0.6) is 0 Å². The molecule has 112 valence electrons. The Morgan fingerprint density at radius 3 is 2.76 bits per heavy atom. The van der Waals surface area contributed by atoms with Crippen molar-refractivity contribution in [2.24, 2.45) is 0 Å². The summed E-state index contributed by atoms with van der Waals surface area (Å²) in [6.45, 7) is 5.19. The van der Waals surface area contributed by atoms with Crippen LogP contribution >= 0.6 is 15.9 Å². The number of carbonyl (C=O) groups excluding carboxylic acids is 1. The molecule has 2 aromatic rings. The van der Waals surface area contributed by atoms with E-state index in [9.17, 15) is 9.90 Å². The molecule has 2 N–H and O–H groups in total. The monoisotopic (exact) mass is 352 g/mol. The highest BCUT2D eigenvalue weighted by Crippen LogP contribution is 2.20. The summed E-state index contributed by atoms with van der Waals surface area (Å²) in [5.74, 6) is -0.201. The van der Waals surface area contributed by atoms with Crippen molar-refractivity contribution in [2.45, 2.75) is 32.9 Å². The van der Waals surface area contributed by atoms with Gasteiger partial charge in [0.25, 0.3) is 0 Å². The molecule has 6 nitrogen and oxygen atoms in total. The van der Waals surface area contributed by atoms with Crippen LogP contribution < -0.4 is 5.32 Å². The number of aryl methyl sites for hydroxylation is 1. The van der Waals surface area contributed by atoms with Gasteiger partial charge in [0.05, 0.1) is 6.20 Å². The van der Waals surface area contributed by atoms with Crippen LogP contribution in [-0.2, 0) is 16.9 Å². The lowest BCUT2D eigenvalue weighted by molar-refractivity contribution is -0.116. The van der Waals surface area contributed by atoms with Crippen LogP contribution in [0.2, 0.25) is 0 Å². The molecule has 0 unspecified atom stereocenters. The fourth-order valence-corrected chi connectivity index (χ4v) is 2.24. The van der Waals surface area contributed by atoms with Gasteiger partial charge >= 0.3 is 0 Å². The smallest absolute Gasteiger partial charge is 0.246 e. The summed E-state index contributed by atoms with van der Waals surface area (Å²) >= 11 is 3.38. The largest absolute Gasteiger partial charge is 0.384 e. The summed E-state index contributed by atoms with van der Waals surface area (Å²) < 4.78 is 2.36. The Kier molecular flexibility index (Phi) is 4.43. The average molecular weight is 353 g/mol. The number of carbonyl (C=O) groups is 1. The number of amides is 1. The predicted molar refractivity (Wildman–Crippen MR) is 82.8 cm³/mol. The summed E-state index contributed by atoms with van der Waals surface area (Å²) in [6, 6.07) is 5.63. The number of rotatable bonds is 4. The second kappa shape index (κ2) is 5.95. The first-order chi connectivity index (χ1) is 9.75. The molecule has 21 heavy (non-hydrogen) atoms. The Balaban J connectivity index is 2.03. The number of hydrogen-bond acceptors (Lipinski definition) is 4. The molecule has 1 amide bonds. The van der Waals surface area contributed by atoms with E-state index in [1.807, 2.05) is 25.1 Å². The highest BCUT2D eigenvalue weighted by atomic mass is 79.9. The average Bonchev–Trinajstić information content (AvgIpc) is 2.81. The van der Waals surface area contributed by atoms with Gasteiger partial charge in [0.1, 0.15) is 17.8 Å². The first-order valence-corrected chi connectivity index (χ1v) is 7.24. The number of aliphatic hydroxyl groups is 1. The van der Waals surface area contributed by atoms with E-state index < -0.39 is 5.60 Å². The van der Waals surface area contributed by atoms with Gasteiger partial charge < -0.3 is 10.4 Å². The van der Waals surface area contributed by atoms with Crippen LogP contribution in [0.3, 0.4) is 0 Å². The molecule has 7 heteroatoms. The van der Waals surface area contributed by atoms with E-state index in [-0.39, 0.29) is 12.5 Å². The summed E-state index contributed by atoms with van der Waals surface area (Å²) in [7, 11) is 0. The van der Waals surface area contributed by atoms with Gasteiger partial charge in [-0.1, -0.05) is 21.1 Å². The Hall–Kier alpha value is -1.73. The van der Waals surface area contributed by atoms with E-state index in [1.54, 1.807) is 20.0 Å². The van der Waals surface area contributed by atoms with Crippen LogP contribution in [0.15, 0.2) is 28.9 Å². The third-order valence-corrected chi connectivity index (χ3v) is 3.43. The number of benzene rings is 1. The summed E-state index contributed by atoms with van der Waals surface area (Å²) in [5.41, 5.74) is 1.08. The molecular weight excluding hydrogens is 336 g/mol. The lowest BCUT2D eigenvalue weighted by Crippen LogP contribution is -2.20. The van der Waals surface area contributed by atoms with Gasteiger partial charge in [0.2, 0.25) is 5.91 Å². The molecule has 0 aliphatic rings. The number of hydrogen-bond donors (Lipinski definition) is 2. The maximum atomic E-state index is 12.0. The zero-order valence-corrected chi connectivity index (χ0v) is 13.7. The number of aromatic nitrogens is 3. The fraction of sp³-hybridized carbons (Fsp3) is 0.357. The first kappa shape index (κ1) is 15.7. The number of anilines is 1. The van der Waals surface area contributed by atoms with Gasteiger partial charge in [-0.25, -0.2) is 4.68 Å². The van der Waals surface area contributed by atoms with Gasteiger partial charge in [0, 0.05) is 10.2 Å². The lowest BCUT2D eigenvalue weighted by Gasteiger charge is -2.12. The lowest BCUT2D eigenvalue weighted by atomic mass is 10.1. The second-order valence-corrected chi connectivity index (χ2v) is 6.28. The number of halogens is 1. The quantitative estimate of drug-likeness (QED) is 0.883. The number of nitrogens with zero attached hydrogens (tertiary/aromatic N) is 3. The van der Waals surface area contributed by atoms with Crippen molar-refractivity contribution in [3.63, 3.8) is 0 Å². The van der Waals surface area contributed by atoms with Gasteiger partial charge in [-0.3, -0.25) is 4.79 Å². The normalized spacial score (nSPS) is 11.5. The van der Waals surface area contributed by atoms with Crippen LogP contribution in [0.1, 0.15) is 25.1 Å². The first-order valence-electron chi connectivity index (χ1n) is 6.45. The van der Waals surface area contributed by atoms with Gasteiger partial charge in [0.15, 0.2) is 0 Å². The van der Waals surface area contributed by atoms with Crippen molar-refractivity contribution in [3.8, 4) is 0 Å². The van der Waals surface area contributed by atoms with Crippen LogP contribution in [-0.4, -0.2) is 26.0 Å². The van der Waals surface area contributed by atoms with Crippen LogP contribution in [0.4, 0.5) is 5.69 Å². The Morgan fingerprint density at radius 1 is 1.48 bits per heavy atom. The van der Waals surface area contributed by atoms with Gasteiger partial charge in [-0.15, -0.1) is 5.10 Å². The molecule has 1 heterocycles.